The molecule has 0 bridgehead atoms. The summed E-state index contributed by atoms with van der Waals surface area (Å²) in [7, 11) is 0. The predicted octanol–water partition coefficient (Wildman–Crippen LogP) is 3.73. The van der Waals surface area contributed by atoms with Crippen LogP contribution >= 0.6 is 11.6 Å². The summed E-state index contributed by atoms with van der Waals surface area (Å²) in [6.07, 6.45) is 1.27. The number of aromatic nitrogens is 1. The number of aromatic hydroxyl groups is 1. The fourth-order valence-electron chi connectivity index (χ4n) is 2.10. The summed E-state index contributed by atoms with van der Waals surface area (Å²) in [5.74, 6) is 0.227. The first kappa shape index (κ1) is 13.4. The lowest BCUT2D eigenvalue weighted by Crippen LogP contribution is -2.04. The van der Waals surface area contributed by atoms with Gasteiger partial charge in [-0.3, -0.25) is 4.79 Å². The zero-order chi connectivity index (χ0) is 14.8. The number of phenolic OH excluding ortho intramolecular Hbond substituents is 1. The fraction of sp³-hybridized carbons (Fsp3) is 0. The summed E-state index contributed by atoms with van der Waals surface area (Å²) in [6, 6.07) is 13.3. The molecule has 0 radical (unpaired) electrons. The third kappa shape index (κ3) is 2.53. The molecule has 0 aliphatic carbocycles. The number of rotatable bonds is 2. The fourth-order valence-corrected chi connectivity index (χ4v) is 2.36. The Labute approximate surface area is 125 Å². The normalized spacial score (nSPS) is 10.5. The monoisotopic (exact) mass is 299 g/mol. The first-order valence-corrected chi connectivity index (χ1v) is 6.58. The van der Waals surface area contributed by atoms with E-state index in [-0.39, 0.29) is 11.6 Å². The second-order valence-electron chi connectivity index (χ2n) is 4.36. The van der Waals surface area contributed by atoms with Gasteiger partial charge in [0.15, 0.2) is 0 Å². The van der Waals surface area contributed by atoms with Crippen molar-refractivity contribution in [3.63, 3.8) is 0 Å². The first-order chi connectivity index (χ1) is 10.2. The minimum absolute atomic E-state index is 0.110. The van der Waals surface area contributed by atoms with E-state index in [1.54, 1.807) is 42.5 Å². The summed E-state index contributed by atoms with van der Waals surface area (Å²) < 4.78 is 5.30. The van der Waals surface area contributed by atoms with Crippen molar-refractivity contribution in [3.8, 4) is 28.3 Å². The minimum Gasteiger partial charge on any atom is -0.507 e. The van der Waals surface area contributed by atoms with Crippen molar-refractivity contribution >= 4 is 11.6 Å². The zero-order valence-electron chi connectivity index (χ0n) is 10.8. The lowest BCUT2D eigenvalue weighted by Gasteiger charge is -2.11. The van der Waals surface area contributed by atoms with Gasteiger partial charge in [-0.1, -0.05) is 41.9 Å². The number of hydrogen-bond donors (Lipinski definition) is 1. The Morgan fingerprint density at radius 3 is 2.52 bits per heavy atom. The van der Waals surface area contributed by atoms with E-state index in [1.165, 1.54) is 12.3 Å². The summed E-state index contributed by atoms with van der Waals surface area (Å²) >= 11 is 6.23. The standard InChI is InChI=1S/C16H10ClNO3/c17-12-6-3-5-11(10-4-1-2-7-13(10)19)15(12)16-18-14(20)8-9-21-16/h1-9,19H. The number of nitrogens with zero attached hydrogens (tertiary/aromatic N) is 1. The summed E-state index contributed by atoms with van der Waals surface area (Å²) in [6.45, 7) is 0. The molecule has 21 heavy (non-hydrogen) atoms. The molecule has 0 amide bonds. The van der Waals surface area contributed by atoms with Crippen LogP contribution in [0.15, 0.2) is 64.0 Å². The maximum Gasteiger partial charge on any atom is 0.276 e. The van der Waals surface area contributed by atoms with Crippen molar-refractivity contribution < 1.29 is 9.52 Å². The van der Waals surface area contributed by atoms with E-state index in [0.717, 1.165) is 0 Å². The Morgan fingerprint density at radius 2 is 1.76 bits per heavy atom. The quantitative estimate of drug-likeness (QED) is 0.783. The van der Waals surface area contributed by atoms with Gasteiger partial charge in [0, 0.05) is 11.6 Å². The van der Waals surface area contributed by atoms with Crippen LogP contribution in [0.1, 0.15) is 0 Å². The molecule has 0 saturated heterocycles. The van der Waals surface area contributed by atoms with E-state index in [1.807, 2.05) is 0 Å². The molecule has 0 atom stereocenters. The Hall–Kier alpha value is -2.59. The minimum atomic E-state index is -0.417. The highest BCUT2D eigenvalue weighted by Crippen LogP contribution is 2.39. The van der Waals surface area contributed by atoms with Gasteiger partial charge in [-0.25, -0.2) is 0 Å². The largest absolute Gasteiger partial charge is 0.507 e. The summed E-state index contributed by atoms with van der Waals surface area (Å²) in [4.78, 5) is 15.3. The molecule has 0 spiro atoms. The topological polar surface area (TPSA) is 63.3 Å². The molecule has 1 heterocycles. The molecule has 1 aromatic heterocycles. The van der Waals surface area contributed by atoms with Gasteiger partial charge < -0.3 is 9.52 Å². The molecule has 0 fully saturated rings. The molecule has 4 nitrogen and oxygen atoms in total. The molecular formula is C16H10ClNO3. The second-order valence-corrected chi connectivity index (χ2v) is 4.76. The van der Waals surface area contributed by atoms with Gasteiger partial charge in [0.2, 0.25) is 5.89 Å². The lowest BCUT2D eigenvalue weighted by atomic mass is 9.98. The van der Waals surface area contributed by atoms with Gasteiger partial charge >= 0.3 is 0 Å². The van der Waals surface area contributed by atoms with E-state index >= 15 is 0 Å². The molecular weight excluding hydrogens is 290 g/mol. The molecule has 2 aromatic carbocycles. The number of para-hydroxylation sites is 1. The van der Waals surface area contributed by atoms with Gasteiger partial charge in [0.25, 0.3) is 5.56 Å². The van der Waals surface area contributed by atoms with Gasteiger partial charge in [-0.2, -0.15) is 4.98 Å². The van der Waals surface area contributed by atoms with Crippen LogP contribution in [0, 0.1) is 0 Å². The van der Waals surface area contributed by atoms with E-state index in [4.69, 9.17) is 16.0 Å². The van der Waals surface area contributed by atoms with Crippen LogP contribution in [0.3, 0.4) is 0 Å². The van der Waals surface area contributed by atoms with E-state index in [9.17, 15) is 9.90 Å². The van der Waals surface area contributed by atoms with E-state index < -0.39 is 5.56 Å². The van der Waals surface area contributed by atoms with Gasteiger partial charge in [0.05, 0.1) is 16.8 Å². The van der Waals surface area contributed by atoms with Crippen molar-refractivity contribution in [1.29, 1.82) is 0 Å². The molecule has 0 saturated carbocycles. The van der Waals surface area contributed by atoms with Gasteiger partial charge in [-0.05, 0) is 17.7 Å². The predicted molar refractivity (Wildman–Crippen MR) is 80.3 cm³/mol. The average molecular weight is 300 g/mol. The number of benzene rings is 2. The zero-order valence-corrected chi connectivity index (χ0v) is 11.5. The Morgan fingerprint density at radius 1 is 1.00 bits per heavy atom. The Bertz CT molecular complexity index is 858. The molecule has 0 unspecified atom stereocenters. The van der Waals surface area contributed by atoms with Crippen LogP contribution < -0.4 is 5.56 Å². The van der Waals surface area contributed by atoms with Crippen LogP contribution in [-0.4, -0.2) is 10.1 Å². The maximum atomic E-state index is 11.4. The van der Waals surface area contributed by atoms with Crippen molar-refractivity contribution in [1.82, 2.24) is 4.98 Å². The van der Waals surface area contributed by atoms with Crippen molar-refractivity contribution in [2.24, 2.45) is 0 Å². The lowest BCUT2D eigenvalue weighted by molar-refractivity contribution is 0.477. The second kappa shape index (κ2) is 5.42. The van der Waals surface area contributed by atoms with Crippen LogP contribution in [0.5, 0.6) is 5.75 Å². The first-order valence-electron chi connectivity index (χ1n) is 6.20. The van der Waals surface area contributed by atoms with Crippen molar-refractivity contribution in [2.45, 2.75) is 0 Å². The van der Waals surface area contributed by atoms with Crippen molar-refractivity contribution in [3.05, 3.63) is 70.2 Å². The number of phenols is 1. The molecule has 0 aliphatic rings. The van der Waals surface area contributed by atoms with Crippen molar-refractivity contribution in [2.75, 3.05) is 0 Å². The van der Waals surface area contributed by atoms with Gasteiger partial charge in [-0.15, -0.1) is 0 Å². The smallest absolute Gasteiger partial charge is 0.276 e. The highest BCUT2D eigenvalue weighted by Gasteiger charge is 2.16. The molecule has 5 heteroatoms. The highest BCUT2D eigenvalue weighted by atomic mass is 35.5. The third-order valence-electron chi connectivity index (χ3n) is 3.02. The molecule has 3 aromatic rings. The van der Waals surface area contributed by atoms with E-state index in [0.29, 0.717) is 21.7 Å². The maximum absolute atomic E-state index is 11.4. The van der Waals surface area contributed by atoms with Gasteiger partial charge in [0.1, 0.15) is 5.75 Å². The van der Waals surface area contributed by atoms with E-state index in [2.05, 4.69) is 4.98 Å². The Kier molecular flexibility index (Phi) is 3.46. The van der Waals surface area contributed by atoms with Crippen LogP contribution in [0.4, 0.5) is 0 Å². The Balaban J connectivity index is 2.31. The molecule has 104 valence electrons. The third-order valence-corrected chi connectivity index (χ3v) is 3.34. The number of hydrogen-bond acceptors (Lipinski definition) is 4. The SMILES string of the molecule is O=c1ccoc(-c2c(Cl)cccc2-c2ccccc2O)n1. The van der Waals surface area contributed by atoms with Crippen LogP contribution in [-0.2, 0) is 0 Å². The summed E-state index contributed by atoms with van der Waals surface area (Å²) in [5.41, 5.74) is 1.28. The molecule has 0 aliphatic heterocycles. The molecule has 1 N–H and O–H groups in total. The summed E-state index contributed by atoms with van der Waals surface area (Å²) in [5, 5.41) is 10.4. The molecule has 3 rings (SSSR count). The average Bonchev–Trinajstić information content (AvgIpc) is 2.47. The van der Waals surface area contributed by atoms with Crippen LogP contribution in [0.2, 0.25) is 5.02 Å². The number of halogens is 1. The van der Waals surface area contributed by atoms with Crippen LogP contribution in [0.25, 0.3) is 22.6 Å². The highest BCUT2D eigenvalue weighted by molar-refractivity contribution is 6.33.